The molecular formula is C23H31N3O2. The molecule has 1 heterocycles. The van der Waals surface area contributed by atoms with Gasteiger partial charge in [-0.05, 0) is 36.1 Å². The van der Waals surface area contributed by atoms with Crippen LogP contribution < -0.4 is 10.1 Å². The first-order valence-corrected chi connectivity index (χ1v) is 10.1. The second-order valence-electron chi connectivity index (χ2n) is 7.30. The van der Waals surface area contributed by atoms with E-state index < -0.39 is 0 Å². The van der Waals surface area contributed by atoms with Crippen molar-refractivity contribution < 1.29 is 9.53 Å². The van der Waals surface area contributed by atoms with Crippen molar-refractivity contribution in [1.82, 2.24) is 15.1 Å². The average molecular weight is 382 g/mol. The summed E-state index contributed by atoms with van der Waals surface area (Å²) in [6.07, 6.45) is 1.93. The Bertz CT molecular complexity index is 710. The predicted molar refractivity (Wildman–Crippen MR) is 113 cm³/mol. The predicted octanol–water partition coefficient (Wildman–Crippen LogP) is 2.21. The summed E-state index contributed by atoms with van der Waals surface area (Å²) in [5.41, 5.74) is 2.59. The molecule has 0 unspecified atom stereocenters. The molecule has 0 bridgehead atoms. The minimum Gasteiger partial charge on any atom is -0.497 e. The highest BCUT2D eigenvalue weighted by molar-refractivity contribution is 5.78. The lowest BCUT2D eigenvalue weighted by Crippen LogP contribution is -2.49. The lowest BCUT2D eigenvalue weighted by molar-refractivity contribution is -0.122. The van der Waals surface area contributed by atoms with Crippen LogP contribution in [0.15, 0.2) is 54.6 Å². The van der Waals surface area contributed by atoms with Crippen LogP contribution in [-0.4, -0.2) is 68.6 Å². The van der Waals surface area contributed by atoms with E-state index in [1.54, 1.807) is 7.11 Å². The van der Waals surface area contributed by atoms with Gasteiger partial charge in [0, 0.05) is 39.3 Å². The maximum absolute atomic E-state index is 12.2. The number of hydrogen-bond acceptors (Lipinski definition) is 4. The summed E-state index contributed by atoms with van der Waals surface area (Å²) >= 11 is 0. The Hall–Kier alpha value is -2.37. The molecule has 1 N–H and O–H groups in total. The van der Waals surface area contributed by atoms with Gasteiger partial charge in [0.15, 0.2) is 0 Å². The first kappa shape index (κ1) is 20.4. The fraction of sp³-hybridized carbons (Fsp3) is 0.435. The molecule has 2 aromatic rings. The number of carbonyl (C=O) groups is 1. The number of amides is 1. The molecule has 1 aliphatic heterocycles. The number of carbonyl (C=O) groups excluding carboxylic acids is 1. The normalized spacial score (nSPS) is 15.3. The van der Waals surface area contributed by atoms with Crippen LogP contribution in [0.3, 0.4) is 0 Å². The highest BCUT2D eigenvalue weighted by atomic mass is 16.5. The molecule has 5 heteroatoms. The van der Waals surface area contributed by atoms with Crippen LogP contribution in [0.1, 0.15) is 11.1 Å². The summed E-state index contributed by atoms with van der Waals surface area (Å²) in [6, 6.07) is 18.6. The van der Waals surface area contributed by atoms with E-state index in [2.05, 4.69) is 45.4 Å². The Kier molecular flexibility index (Phi) is 7.88. The Morgan fingerprint density at radius 2 is 1.54 bits per heavy atom. The van der Waals surface area contributed by atoms with E-state index in [4.69, 9.17) is 4.74 Å². The van der Waals surface area contributed by atoms with Gasteiger partial charge >= 0.3 is 0 Å². The van der Waals surface area contributed by atoms with Crippen LogP contribution in [0.25, 0.3) is 0 Å². The van der Waals surface area contributed by atoms with Crippen molar-refractivity contribution in [3.05, 3.63) is 65.7 Å². The fourth-order valence-electron chi connectivity index (χ4n) is 3.50. The molecule has 0 aliphatic carbocycles. The summed E-state index contributed by atoms with van der Waals surface area (Å²) in [5, 5.41) is 3.04. The highest BCUT2D eigenvalue weighted by Gasteiger charge is 2.18. The van der Waals surface area contributed by atoms with Gasteiger partial charge in [-0.15, -0.1) is 0 Å². The second-order valence-corrected chi connectivity index (χ2v) is 7.30. The zero-order valence-electron chi connectivity index (χ0n) is 16.8. The molecule has 1 fully saturated rings. The first-order chi connectivity index (χ1) is 13.7. The molecule has 0 atom stereocenters. The van der Waals surface area contributed by atoms with Crippen LogP contribution in [0.5, 0.6) is 5.75 Å². The zero-order chi connectivity index (χ0) is 19.6. The van der Waals surface area contributed by atoms with Crippen molar-refractivity contribution in [3.63, 3.8) is 0 Å². The monoisotopic (exact) mass is 381 g/mol. The van der Waals surface area contributed by atoms with Gasteiger partial charge in [-0.2, -0.15) is 0 Å². The smallest absolute Gasteiger partial charge is 0.234 e. The topological polar surface area (TPSA) is 44.8 Å². The maximum atomic E-state index is 12.2. The van der Waals surface area contributed by atoms with E-state index in [1.165, 1.54) is 11.1 Å². The maximum Gasteiger partial charge on any atom is 0.234 e. The third-order valence-corrected chi connectivity index (χ3v) is 5.29. The SMILES string of the molecule is COc1ccc(CCNC(=O)CN2CCN(CCc3ccccc3)CC2)cc1. The molecule has 1 saturated heterocycles. The Balaban J connectivity index is 1.29. The molecule has 0 radical (unpaired) electrons. The van der Waals surface area contributed by atoms with Gasteiger partial charge in [0.05, 0.1) is 13.7 Å². The Morgan fingerprint density at radius 1 is 0.893 bits per heavy atom. The van der Waals surface area contributed by atoms with E-state index in [9.17, 15) is 4.79 Å². The van der Waals surface area contributed by atoms with Crippen molar-refractivity contribution in [1.29, 1.82) is 0 Å². The van der Waals surface area contributed by atoms with Gasteiger partial charge in [0.2, 0.25) is 5.91 Å². The van der Waals surface area contributed by atoms with Crippen molar-refractivity contribution >= 4 is 5.91 Å². The number of ether oxygens (including phenoxy) is 1. The molecule has 0 aromatic heterocycles. The summed E-state index contributed by atoms with van der Waals surface area (Å²) in [7, 11) is 1.67. The summed E-state index contributed by atoms with van der Waals surface area (Å²) in [6.45, 7) is 6.24. The van der Waals surface area contributed by atoms with Crippen LogP contribution in [0.2, 0.25) is 0 Å². The minimum absolute atomic E-state index is 0.117. The van der Waals surface area contributed by atoms with Crippen LogP contribution >= 0.6 is 0 Å². The average Bonchev–Trinajstić information content (AvgIpc) is 2.74. The number of nitrogens with zero attached hydrogens (tertiary/aromatic N) is 2. The number of hydrogen-bond donors (Lipinski definition) is 1. The molecule has 1 amide bonds. The van der Waals surface area contributed by atoms with Gasteiger partial charge < -0.3 is 15.0 Å². The Labute approximate surface area is 168 Å². The van der Waals surface area contributed by atoms with E-state index in [0.29, 0.717) is 13.1 Å². The number of piperazine rings is 1. The van der Waals surface area contributed by atoms with Gasteiger partial charge in [-0.3, -0.25) is 9.69 Å². The van der Waals surface area contributed by atoms with Crippen LogP contribution in [-0.2, 0) is 17.6 Å². The van der Waals surface area contributed by atoms with Gasteiger partial charge in [0.1, 0.15) is 5.75 Å². The van der Waals surface area contributed by atoms with Crippen molar-refractivity contribution in [3.8, 4) is 5.75 Å². The highest BCUT2D eigenvalue weighted by Crippen LogP contribution is 2.11. The summed E-state index contributed by atoms with van der Waals surface area (Å²) in [4.78, 5) is 17.0. The third kappa shape index (κ3) is 6.66. The second kappa shape index (κ2) is 10.8. The van der Waals surface area contributed by atoms with E-state index >= 15 is 0 Å². The van der Waals surface area contributed by atoms with Gasteiger partial charge in [-0.1, -0.05) is 42.5 Å². The number of rotatable bonds is 9. The molecule has 3 rings (SSSR count). The number of benzene rings is 2. The van der Waals surface area contributed by atoms with E-state index in [0.717, 1.165) is 51.3 Å². The van der Waals surface area contributed by atoms with Crippen LogP contribution in [0, 0.1) is 0 Å². The minimum atomic E-state index is 0.117. The standard InChI is InChI=1S/C23H31N3O2/c1-28-22-9-7-21(8-10-22)11-13-24-23(27)19-26-17-15-25(16-18-26)14-12-20-5-3-2-4-6-20/h2-10H,11-19H2,1H3,(H,24,27). The van der Waals surface area contributed by atoms with Gasteiger partial charge in [0.25, 0.3) is 0 Å². The van der Waals surface area contributed by atoms with Gasteiger partial charge in [-0.25, -0.2) is 0 Å². The molecule has 1 aliphatic rings. The Morgan fingerprint density at radius 3 is 2.21 bits per heavy atom. The number of methoxy groups -OCH3 is 1. The summed E-state index contributed by atoms with van der Waals surface area (Å²) < 4.78 is 5.16. The van der Waals surface area contributed by atoms with E-state index in [-0.39, 0.29) is 5.91 Å². The summed E-state index contributed by atoms with van der Waals surface area (Å²) in [5.74, 6) is 0.974. The lowest BCUT2D eigenvalue weighted by Gasteiger charge is -2.34. The molecule has 0 saturated carbocycles. The molecule has 2 aromatic carbocycles. The fourth-order valence-corrected chi connectivity index (χ4v) is 3.50. The molecule has 5 nitrogen and oxygen atoms in total. The third-order valence-electron chi connectivity index (χ3n) is 5.29. The quantitative estimate of drug-likeness (QED) is 0.723. The molecule has 150 valence electrons. The van der Waals surface area contributed by atoms with Crippen LogP contribution in [0.4, 0.5) is 0 Å². The zero-order valence-corrected chi connectivity index (χ0v) is 16.8. The van der Waals surface area contributed by atoms with E-state index in [1.807, 2.05) is 24.3 Å². The molecular weight excluding hydrogens is 350 g/mol. The first-order valence-electron chi connectivity index (χ1n) is 10.1. The lowest BCUT2D eigenvalue weighted by atomic mass is 10.1. The van der Waals surface area contributed by atoms with Crippen molar-refractivity contribution in [2.24, 2.45) is 0 Å². The molecule has 28 heavy (non-hydrogen) atoms. The molecule has 0 spiro atoms. The van der Waals surface area contributed by atoms with Crippen molar-refractivity contribution in [2.75, 3.05) is 52.9 Å². The number of nitrogens with one attached hydrogen (secondary N) is 1. The largest absolute Gasteiger partial charge is 0.497 e. The van der Waals surface area contributed by atoms with Crippen molar-refractivity contribution in [2.45, 2.75) is 12.8 Å².